The maximum absolute atomic E-state index is 9.28. The van der Waals surface area contributed by atoms with Crippen molar-refractivity contribution in [2.24, 2.45) is 5.41 Å². The molecule has 4 heteroatoms. The number of aliphatic hydroxyl groups excluding tert-OH is 1. The lowest BCUT2D eigenvalue weighted by Gasteiger charge is -2.38. The van der Waals surface area contributed by atoms with E-state index in [9.17, 15) is 5.11 Å². The highest BCUT2D eigenvalue weighted by Gasteiger charge is 2.37. The summed E-state index contributed by atoms with van der Waals surface area (Å²) in [6.45, 7) is 9.22. The highest BCUT2D eigenvalue weighted by Crippen LogP contribution is 2.30. The Hall–Kier alpha value is -0.160. The Labute approximate surface area is 112 Å². The largest absolute Gasteiger partial charge is 0.395 e. The molecule has 1 aliphatic heterocycles. The molecule has 1 unspecified atom stereocenters. The van der Waals surface area contributed by atoms with E-state index in [4.69, 9.17) is 4.74 Å². The predicted octanol–water partition coefficient (Wildman–Crippen LogP) is 1.10. The molecule has 1 heterocycles. The summed E-state index contributed by atoms with van der Waals surface area (Å²) in [6, 6.07) is 0.575. The second kappa shape index (κ2) is 8.10. The molecule has 0 aromatic carbocycles. The van der Waals surface area contributed by atoms with Gasteiger partial charge in [-0.1, -0.05) is 13.8 Å². The Morgan fingerprint density at radius 1 is 1.39 bits per heavy atom. The molecule has 1 rings (SSSR count). The molecule has 18 heavy (non-hydrogen) atoms. The molecule has 0 aromatic heterocycles. The molecule has 1 aliphatic rings. The molecule has 108 valence electrons. The first-order valence-corrected chi connectivity index (χ1v) is 7.28. The number of hydrogen-bond donors (Lipinski definition) is 2. The third kappa shape index (κ3) is 4.19. The highest BCUT2D eigenvalue weighted by atomic mass is 16.5. The first-order chi connectivity index (χ1) is 8.71. The quantitative estimate of drug-likeness (QED) is 0.650. The summed E-state index contributed by atoms with van der Waals surface area (Å²) in [5.41, 5.74) is 0.229. The van der Waals surface area contributed by atoms with Crippen molar-refractivity contribution in [3.63, 3.8) is 0 Å². The van der Waals surface area contributed by atoms with Gasteiger partial charge < -0.3 is 15.2 Å². The van der Waals surface area contributed by atoms with Crippen LogP contribution in [0.1, 0.15) is 33.1 Å². The molecule has 0 spiro atoms. The van der Waals surface area contributed by atoms with Crippen LogP contribution >= 0.6 is 0 Å². The van der Waals surface area contributed by atoms with Gasteiger partial charge in [0.15, 0.2) is 0 Å². The average Bonchev–Trinajstić information content (AvgIpc) is 2.80. The maximum atomic E-state index is 9.28. The molecule has 0 amide bonds. The lowest BCUT2D eigenvalue weighted by atomic mass is 9.85. The summed E-state index contributed by atoms with van der Waals surface area (Å²) >= 11 is 0. The van der Waals surface area contributed by atoms with E-state index in [2.05, 4.69) is 24.1 Å². The zero-order valence-corrected chi connectivity index (χ0v) is 12.2. The number of rotatable bonds is 9. The summed E-state index contributed by atoms with van der Waals surface area (Å²) in [5.74, 6) is 0. The minimum absolute atomic E-state index is 0.229. The highest BCUT2D eigenvalue weighted by molar-refractivity contribution is 4.89. The molecular weight excluding hydrogens is 228 g/mol. The van der Waals surface area contributed by atoms with Gasteiger partial charge in [-0.25, -0.2) is 0 Å². The first-order valence-electron chi connectivity index (χ1n) is 7.28. The van der Waals surface area contributed by atoms with Crippen LogP contribution in [0.2, 0.25) is 0 Å². The summed E-state index contributed by atoms with van der Waals surface area (Å²) in [7, 11) is 2.01. The van der Waals surface area contributed by atoms with Gasteiger partial charge in [0.1, 0.15) is 0 Å². The molecule has 0 saturated carbocycles. The Kier molecular flexibility index (Phi) is 7.15. The molecule has 1 saturated heterocycles. The van der Waals surface area contributed by atoms with E-state index in [-0.39, 0.29) is 12.0 Å². The van der Waals surface area contributed by atoms with Crippen molar-refractivity contribution >= 4 is 0 Å². The van der Waals surface area contributed by atoms with Crippen molar-refractivity contribution in [2.45, 2.75) is 39.2 Å². The second-order valence-electron chi connectivity index (χ2n) is 5.50. The zero-order chi connectivity index (χ0) is 13.4. The fourth-order valence-corrected chi connectivity index (χ4v) is 3.10. The van der Waals surface area contributed by atoms with E-state index < -0.39 is 0 Å². The van der Waals surface area contributed by atoms with Crippen molar-refractivity contribution in [3.05, 3.63) is 0 Å². The lowest BCUT2D eigenvalue weighted by molar-refractivity contribution is 0.0693. The van der Waals surface area contributed by atoms with E-state index in [1.54, 1.807) is 0 Å². The van der Waals surface area contributed by atoms with E-state index >= 15 is 0 Å². The van der Waals surface area contributed by atoms with Gasteiger partial charge in [-0.3, -0.25) is 4.90 Å². The SMILES string of the molecule is CCC(CC)N(CCO)CC1(CNC)CCOC1. The summed E-state index contributed by atoms with van der Waals surface area (Å²) in [4.78, 5) is 2.45. The summed E-state index contributed by atoms with van der Waals surface area (Å²) in [6.07, 6.45) is 3.41. The molecule has 4 nitrogen and oxygen atoms in total. The van der Waals surface area contributed by atoms with Crippen molar-refractivity contribution in [2.75, 3.05) is 46.5 Å². The lowest BCUT2D eigenvalue weighted by Crippen LogP contribution is -2.48. The van der Waals surface area contributed by atoms with Gasteiger partial charge in [0.2, 0.25) is 0 Å². The van der Waals surface area contributed by atoms with Gasteiger partial charge in [-0.15, -0.1) is 0 Å². The van der Waals surface area contributed by atoms with Crippen molar-refractivity contribution in [1.29, 1.82) is 0 Å². The van der Waals surface area contributed by atoms with Crippen LogP contribution in [0.5, 0.6) is 0 Å². The molecule has 0 aromatic rings. The van der Waals surface area contributed by atoms with E-state index in [1.807, 2.05) is 7.05 Å². The first kappa shape index (κ1) is 15.9. The predicted molar refractivity (Wildman–Crippen MR) is 74.8 cm³/mol. The van der Waals surface area contributed by atoms with Crippen LogP contribution in [0.3, 0.4) is 0 Å². The Morgan fingerprint density at radius 2 is 2.11 bits per heavy atom. The van der Waals surface area contributed by atoms with Crippen LogP contribution in [0.15, 0.2) is 0 Å². The molecule has 0 aliphatic carbocycles. The smallest absolute Gasteiger partial charge is 0.0558 e. The van der Waals surface area contributed by atoms with Crippen LogP contribution in [0.25, 0.3) is 0 Å². The van der Waals surface area contributed by atoms with Crippen LogP contribution < -0.4 is 5.32 Å². The Bertz CT molecular complexity index is 214. The number of nitrogens with zero attached hydrogens (tertiary/aromatic N) is 1. The number of nitrogens with one attached hydrogen (secondary N) is 1. The van der Waals surface area contributed by atoms with Crippen LogP contribution in [-0.2, 0) is 4.74 Å². The number of ether oxygens (including phenoxy) is 1. The van der Waals surface area contributed by atoms with E-state index in [0.717, 1.165) is 52.1 Å². The Balaban J connectivity index is 2.66. The zero-order valence-electron chi connectivity index (χ0n) is 12.2. The van der Waals surface area contributed by atoms with Crippen LogP contribution in [-0.4, -0.2) is 62.6 Å². The summed E-state index contributed by atoms with van der Waals surface area (Å²) in [5, 5.41) is 12.6. The van der Waals surface area contributed by atoms with E-state index in [1.165, 1.54) is 0 Å². The van der Waals surface area contributed by atoms with Gasteiger partial charge in [-0.05, 0) is 26.3 Å². The van der Waals surface area contributed by atoms with Crippen LogP contribution in [0, 0.1) is 5.41 Å². The fraction of sp³-hybridized carbons (Fsp3) is 1.00. The van der Waals surface area contributed by atoms with Crippen LogP contribution in [0.4, 0.5) is 0 Å². The second-order valence-corrected chi connectivity index (χ2v) is 5.50. The molecule has 0 bridgehead atoms. The standard InChI is InChI=1S/C14H30N2O2/c1-4-13(5-2)16(7-8-17)11-14(10-15-3)6-9-18-12-14/h13,15,17H,4-12H2,1-3H3. The number of aliphatic hydroxyl groups is 1. The van der Waals surface area contributed by atoms with Crippen molar-refractivity contribution in [3.8, 4) is 0 Å². The van der Waals surface area contributed by atoms with Gasteiger partial charge in [-0.2, -0.15) is 0 Å². The van der Waals surface area contributed by atoms with Gasteiger partial charge >= 0.3 is 0 Å². The molecule has 0 radical (unpaired) electrons. The topological polar surface area (TPSA) is 44.7 Å². The molecular formula is C14H30N2O2. The third-order valence-electron chi connectivity index (χ3n) is 4.12. The number of hydrogen-bond acceptors (Lipinski definition) is 4. The van der Waals surface area contributed by atoms with Crippen molar-refractivity contribution < 1.29 is 9.84 Å². The van der Waals surface area contributed by atoms with E-state index in [0.29, 0.717) is 6.04 Å². The average molecular weight is 258 g/mol. The van der Waals surface area contributed by atoms with Crippen molar-refractivity contribution in [1.82, 2.24) is 10.2 Å². The third-order valence-corrected chi connectivity index (χ3v) is 4.12. The van der Waals surface area contributed by atoms with Gasteiger partial charge in [0.25, 0.3) is 0 Å². The molecule has 2 N–H and O–H groups in total. The minimum Gasteiger partial charge on any atom is -0.395 e. The van der Waals surface area contributed by atoms with Gasteiger partial charge in [0.05, 0.1) is 13.2 Å². The maximum Gasteiger partial charge on any atom is 0.0558 e. The normalized spacial score (nSPS) is 24.3. The summed E-state index contributed by atoms with van der Waals surface area (Å²) < 4.78 is 5.61. The molecule has 1 fully saturated rings. The monoisotopic (exact) mass is 258 g/mol. The van der Waals surface area contributed by atoms with Gasteiger partial charge in [0, 0.05) is 37.7 Å². The minimum atomic E-state index is 0.229. The molecule has 1 atom stereocenters. The fourth-order valence-electron chi connectivity index (χ4n) is 3.10. The Morgan fingerprint density at radius 3 is 2.56 bits per heavy atom.